The first-order chi connectivity index (χ1) is 10.0. The quantitative estimate of drug-likeness (QED) is 0.447. The summed E-state index contributed by atoms with van der Waals surface area (Å²) in [5.41, 5.74) is 0.605. The predicted octanol–water partition coefficient (Wildman–Crippen LogP) is 1.82. The highest BCUT2D eigenvalue weighted by atomic mass is 16.6. The molecule has 1 aromatic carbocycles. The van der Waals surface area contributed by atoms with Crippen molar-refractivity contribution in [2.45, 2.75) is 26.3 Å². The molecule has 0 saturated heterocycles. The van der Waals surface area contributed by atoms with Gasteiger partial charge >= 0.3 is 11.7 Å². The van der Waals surface area contributed by atoms with Gasteiger partial charge in [-0.05, 0) is 26.5 Å². The second-order valence-corrected chi connectivity index (χ2v) is 4.41. The molecule has 1 aromatic rings. The Morgan fingerprint density at radius 3 is 2.76 bits per heavy atom. The number of nitrogens with one attached hydrogen (secondary N) is 1. The van der Waals surface area contributed by atoms with E-state index in [4.69, 9.17) is 9.47 Å². The Labute approximate surface area is 123 Å². The first-order valence-electron chi connectivity index (χ1n) is 6.72. The first kappa shape index (κ1) is 16.9. The number of carbonyl (C=O) groups is 1. The lowest BCUT2D eigenvalue weighted by molar-refractivity contribution is -0.385. The summed E-state index contributed by atoms with van der Waals surface area (Å²) in [5.74, 6) is -0.121. The van der Waals surface area contributed by atoms with Crippen LogP contribution in [0.25, 0.3) is 0 Å². The van der Waals surface area contributed by atoms with E-state index in [-0.39, 0.29) is 24.0 Å². The Balaban J connectivity index is 2.67. The summed E-state index contributed by atoms with van der Waals surface area (Å²) in [5, 5.41) is 13.8. The lowest BCUT2D eigenvalue weighted by atomic mass is 10.2. The molecule has 1 atom stereocenters. The minimum Gasteiger partial charge on any atom is -0.487 e. The van der Waals surface area contributed by atoms with Crippen molar-refractivity contribution < 1.29 is 19.2 Å². The number of esters is 1. The van der Waals surface area contributed by atoms with Crippen molar-refractivity contribution in [2.24, 2.45) is 0 Å². The van der Waals surface area contributed by atoms with E-state index in [1.807, 2.05) is 0 Å². The number of para-hydroxylation sites is 1. The maximum Gasteiger partial charge on any atom is 0.323 e. The van der Waals surface area contributed by atoms with Gasteiger partial charge in [-0.1, -0.05) is 12.1 Å². The van der Waals surface area contributed by atoms with Gasteiger partial charge in [-0.25, -0.2) is 0 Å². The maximum atomic E-state index is 11.6. The van der Waals surface area contributed by atoms with Gasteiger partial charge in [-0.3, -0.25) is 14.9 Å². The standard InChI is InChI=1S/C14H20N2O5/c1-4-20-14(17)11(15-3)8-9-21-13-10(2)6-5-7-12(13)16(18)19/h5-7,11,15H,4,8-9H2,1-3H3. The highest BCUT2D eigenvalue weighted by Gasteiger charge is 2.20. The third-order valence-electron chi connectivity index (χ3n) is 2.96. The lowest BCUT2D eigenvalue weighted by Crippen LogP contribution is -2.36. The van der Waals surface area contributed by atoms with Crippen molar-refractivity contribution in [3.8, 4) is 5.75 Å². The summed E-state index contributed by atoms with van der Waals surface area (Å²) < 4.78 is 10.4. The smallest absolute Gasteiger partial charge is 0.323 e. The molecule has 116 valence electrons. The van der Waals surface area contributed by atoms with E-state index < -0.39 is 11.0 Å². The van der Waals surface area contributed by atoms with Crippen LogP contribution in [0, 0.1) is 17.0 Å². The molecule has 0 fully saturated rings. The van der Waals surface area contributed by atoms with Gasteiger partial charge in [0.1, 0.15) is 6.04 Å². The Morgan fingerprint density at radius 2 is 2.19 bits per heavy atom. The van der Waals surface area contributed by atoms with Crippen LogP contribution in [-0.2, 0) is 9.53 Å². The molecule has 0 heterocycles. The minimum absolute atomic E-state index is 0.0767. The summed E-state index contributed by atoms with van der Waals surface area (Å²) in [6.07, 6.45) is 0.362. The molecule has 7 heteroatoms. The van der Waals surface area contributed by atoms with Crippen LogP contribution in [0.3, 0.4) is 0 Å². The van der Waals surface area contributed by atoms with Gasteiger partial charge in [0.15, 0.2) is 5.75 Å². The summed E-state index contributed by atoms with van der Waals surface area (Å²) in [7, 11) is 1.65. The molecule has 0 aliphatic heterocycles. The normalized spacial score (nSPS) is 11.8. The molecule has 7 nitrogen and oxygen atoms in total. The number of ether oxygens (including phenoxy) is 2. The number of hydrogen-bond donors (Lipinski definition) is 1. The average molecular weight is 296 g/mol. The van der Waals surface area contributed by atoms with Crippen molar-refractivity contribution in [3.63, 3.8) is 0 Å². The summed E-state index contributed by atoms with van der Waals surface area (Å²) in [6.45, 7) is 3.96. The number of nitro benzene ring substituents is 1. The molecular weight excluding hydrogens is 276 g/mol. The van der Waals surface area contributed by atoms with Crippen LogP contribution < -0.4 is 10.1 Å². The average Bonchev–Trinajstić information content (AvgIpc) is 2.44. The number of benzene rings is 1. The van der Waals surface area contributed by atoms with Crippen molar-refractivity contribution in [1.82, 2.24) is 5.32 Å². The van der Waals surface area contributed by atoms with Crippen molar-refractivity contribution in [1.29, 1.82) is 0 Å². The predicted molar refractivity (Wildman–Crippen MR) is 77.4 cm³/mol. The van der Waals surface area contributed by atoms with E-state index in [1.165, 1.54) is 6.07 Å². The van der Waals surface area contributed by atoms with E-state index in [1.54, 1.807) is 33.0 Å². The van der Waals surface area contributed by atoms with E-state index in [0.717, 1.165) is 0 Å². The topological polar surface area (TPSA) is 90.7 Å². The van der Waals surface area contributed by atoms with Crippen LogP contribution in [-0.4, -0.2) is 37.2 Å². The summed E-state index contributed by atoms with van der Waals surface area (Å²) in [6, 6.07) is 4.25. The third kappa shape index (κ3) is 4.71. The number of rotatable bonds is 8. The number of hydrogen-bond acceptors (Lipinski definition) is 6. The Bertz CT molecular complexity index is 504. The molecule has 0 bridgehead atoms. The molecule has 0 aliphatic carbocycles. The number of carbonyl (C=O) groups excluding carboxylic acids is 1. The molecule has 0 saturated carbocycles. The van der Waals surface area contributed by atoms with Gasteiger partial charge in [0.25, 0.3) is 0 Å². The molecule has 0 radical (unpaired) electrons. The maximum absolute atomic E-state index is 11.6. The molecule has 0 spiro atoms. The monoisotopic (exact) mass is 296 g/mol. The molecule has 1 unspecified atom stereocenters. The van der Waals surface area contributed by atoms with Gasteiger partial charge in [0.2, 0.25) is 0 Å². The summed E-state index contributed by atoms with van der Waals surface area (Å²) >= 11 is 0. The first-order valence-corrected chi connectivity index (χ1v) is 6.72. The zero-order chi connectivity index (χ0) is 15.8. The van der Waals surface area contributed by atoms with Crippen molar-refractivity contribution >= 4 is 11.7 Å². The molecular formula is C14H20N2O5. The van der Waals surface area contributed by atoms with Crippen LogP contribution in [0.5, 0.6) is 5.75 Å². The van der Waals surface area contributed by atoms with Gasteiger partial charge in [-0.2, -0.15) is 0 Å². The fraction of sp³-hybridized carbons (Fsp3) is 0.500. The second kappa shape index (κ2) is 8.21. The number of aryl methyl sites for hydroxylation is 1. The third-order valence-corrected chi connectivity index (χ3v) is 2.96. The molecule has 0 aromatic heterocycles. The van der Waals surface area contributed by atoms with E-state index in [9.17, 15) is 14.9 Å². The van der Waals surface area contributed by atoms with Crippen molar-refractivity contribution in [3.05, 3.63) is 33.9 Å². The van der Waals surface area contributed by atoms with Gasteiger partial charge in [0.05, 0.1) is 18.1 Å². The number of likely N-dealkylation sites (N-methyl/N-ethyl adjacent to an activating group) is 1. The number of nitrogens with zero attached hydrogens (tertiary/aromatic N) is 1. The van der Waals surface area contributed by atoms with E-state index >= 15 is 0 Å². The van der Waals surface area contributed by atoms with Crippen LogP contribution in [0.4, 0.5) is 5.69 Å². The van der Waals surface area contributed by atoms with Crippen LogP contribution in [0.15, 0.2) is 18.2 Å². The fourth-order valence-electron chi connectivity index (χ4n) is 1.87. The lowest BCUT2D eigenvalue weighted by Gasteiger charge is -2.15. The second-order valence-electron chi connectivity index (χ2n) is 4.41. The molecule has 0 aliphatic rings. The Hall–Kier alpha value is -2.15. The van der Waals surface area contributed by atoms with E-state index in [0.29, 0.717) is 18.6 Å². The Kier molecular flexibility index (Phi) is 6.61. The zero-order valence-corrected chi connectivity index (χ0v) is 12.4. The highest BCUT2D eigenvalue weighted by molar-refractivity contribution is 5.75. The largest absolute Gasteiger partial charge is 0.487 e. The van der Waals surface area contributed by atoms with Crippen LogP contribution in [0.2, 0.25) is 0 Å². The Morgan fingerprint density at radius 1 is 1.48 bits per heavy atom. The highest BCUT2D eigenvalue weighted by Crippen LogP contribution is 2.30. The minimum atomic E-state index is -0.493. The molecule has 1 N–H and O–H groups in total. The van der Waals surface area contributed by atoms with Crippen LogP contribution >= 0.6 is 0 Å². The SMILES string of the molecule is CCOC(=O)C(CCOc1c(C)cccc1[N+](=O)[O-])NC. The molecule has 21 heavy (non-hydrogen) atoms. The van der Waals surface area contributed by atoms with Crippen molar-refractivity contribution in [2.75, 3.05) is 20.3 Å². The van der Waals surface area contributed by atoms with Gasteiger partial charge < -0.3 is 14.8 Å². The molecule has 0 amide bonds. The van der Waals surface area contributed by atoms with Crippen LogP contribution in [0.1, 0.15) is 18.9 Å². The van der Waals surface area contributed by atoms with E-state index in [2.05, 4.69) is 5.32 Å². The van der Waals surface area contributed by atoms with Gasteiger partial charge in [0, 0.05) is 12.5 Å². The summed E-state index contributed by atoms with van der Waals surface area (Å²) in [4.78, 5) is 22.1. The molecule has 1 rings (SSSR count). The number of nitro groups is 1. The van der Waals surface area contributed by atoms with Gasteiger partial charge in [-0.15, -0.1) is 0 Å². The zero-order valence-electron chi connectivity index (χ0n) is 12.4. The fourth-order valence-corrected chi connectivity index (χ4v) is 1.87.